The van der Waals surface area contributed by atoms with Gasteiger partial charge in [-0.1, -0.05) is 52.5 Å². The number of methoxy groups -OCH3 is 1. The zero-order valence-corrected chi connectivity index (χ0v) is 20.6. The van der Waals surface area contributed by atoms with Crippen LogP contribution in [0.1, 0.15) is 21.7 Å². The van der Waals surface area contributed by atoms with E-state index in [0.717, 1.165) is 10.9 Å². The van der Waals surface area contributed by atoms with Crippen molar-refractivity contribution in [3.8, 4) is 11.5 Å². The van der Waals surface area contributed by atoms with Gasteiger partial charge in [0.2, 0.25) is 0 Å². The minimum absolute atomic E-state index is 0.107. The first kappa shape index (κ1) is 24.2. The van der Waals surface area contributed by atoms with Crippen LogP contribution in [0.15, 0.2) is 64.1 Å². The number of rotatable bonds is 7. The lowest BCUT2D eigenvalue weighted by Crippen LogP contribution is -2.16. The average Bonchev–Trinajstić information content (AvgIpc) is 3.23. The van der Waals surface area contributed by atoms with Crippen LogP contribution in [0.5, 0.6) is 11.5 Å². The molecule has 0 aliphatic rings. The van der Waals surface area contributed by atoms with Crippen LogP contribution in [0, 0.1) is 0 Å². The molecule has 1 aromatic heterocycles. The smallest absolute Gasteiger partial charge is 0.307 e. The van der Waals surface area contributed by atoms with Crippen molar-refractivity contribution in [2.45, 2.75) is 6.61 Å². The third kappa shape index (κ3) is 5.59. The minimum Gasteiger partial charge on any atom is -0.493 e. The molecule has 0 spiro atoms. The average molecular weight is 538 g/mol. The molecule has 10 heteroatoms. The van der Waals surface area contributed by atoms with Crippen LogP contribution < -0.4 is 14.9 Å². The number of carbonyl (C=O) groups is 1. The van der Waals surface area contributed by atoms with Crippen molar-refractivity contribution in [2.75, 3.05) is 7.11 Å². The monoisotopic (exact) mass is 536 g/mol. The quantitative estimate of drug-likeness (QED) is 0.197. The second-order valence-corrected chi connectivity index (χ2v) is 8.72. The summed E-state index contributed by atoms with van der Waals surface area (Å²) in [5.41, 5.74) is 4.36. The Morgan fingerprint density at radius 2 is 1.82 bits per heavy atom. The summed E-state index contributed by atoms with van der Waals surface area (Å²) >= 11 is 24.4. The Kier molecular flexibility index (Phi) is 7.54. The first-order valence-corrected chi connectivity index (χ1v) is 11.3. The van der Waals surface area contributed by atoms with Gasteiger partial charge in [0.05, 0.1) is 28.4 Å². The molecule has 0 atom stereocenters. The van der Waals surface area contributed by atoms with Crippen molar-refractivity contribution in [1.29, 1.82) is 0 Å². The predicted octanol–water partition coefficient (Wildman–Crippen LogP) is 7.40. The summed E-state index contributed by atoms with van der Waals surface area (Å²) in [5, 5.41) is 6.44. The number of ether oxygens (including phenoxy) is 2. The summed E-state index contributed by atoms with van der Waals surface area (Å²) in [6.45, 7) is 0.208. The highest BCUT2D eigenvalue weighted by atomic mass is 35.5. The standard InChI is InChI=1S/C24H16Cl4N2O4/c1-32-21-8-14(7-19(28)23(21)33-12-13-2-4-17(26)18(27)6-13)11-29-30-24(31)22-10-15-9-16(25)3-5-20(15)34-22/h2-11H,12H2,1H3,(H,30,31)/b29-11+. The van der Waals surface area contributed by atoms with Crippen molar-refractivity contribution >= 4 is 69.5 Å². The van der Waals surface area contributed by atoms with Gasteiger partial charge in [-0.3, -0.25) is 4.79 Å². The molecule has 1 heterocycles. The largest absolute Gasteiger partial charge is 0.493 e. The van der Waals surface area contributed by atoms with Gasteiger partial charge in [-0.05, 0) is 59.7 Å². The molecular weight excluding hydrogens is 522 g/mol. The summed E-state index contributed by atoms with van der Waals surface area (Å²) in [5.74, 6) is 0.353. The molecule has 0 fully saturated rings. The van der Waals surface area contributed by atoms with E-state index in [4.69, 9.17) is 60.3 Å². The number of hydrazone groups is 1. The predicted molar refractivity (Wildman–Crippen MR) is 135 cm³/mol. The molecular formula is C24H16Cl4N2O4. The summed E-state index contributed by atoms with van der Waals surface area (Å²) in [4.78, 5) is 12.4. The van der Waals surface area contributed by atoms with Crippen LogP contribution in [0.25, 0.3) is 11.0 Å². The second-order valence-electron chi connectivity index (χ2n) is 7.06. The molecule has 1 N–H and O–H groups in total. The molecule has 1 amide bonds. The molecule has 0 saturated heterocycles. The van der Waals surface area contributed by atoms with Gasteiger partial charge in [0.15, 0.2) is 17.3 Å². The third-order valence-corrected chi connectivity index (χ3v) is 5.96. The molecule has 0 bridgehead atoms. The number of hydrogen-bond donors (Lipinski definition) is 1. The second kappa shape index (κ2) is 10.6. The van der Waals surface area contributed by atoms with Gasteiger partial charge in [-0.15, -0.1) is 0 Å². The fourth-order valence-electron chi connectivity index (χ4n) is 3.09. The van der Waals surface area contributed by atoms with E-state index in [1.165, 1.54) is 13.3 Å². The van der Waals surface area contributed by atoms with Gasteiger partial charge in [0.1, 0.15) is 12.2 Å². The van der Waals surface area contributed by atoms with E-state index in [1.807, 2.05) is 0 Å². The van der Waals surface area contributed by atoms with Crippen LogP contribution in [-0.2, 0) is 6.61 Å². The molecule has 0 saturated carbocycles. The highest BCUT2D eigenvalue weighted by Gasteiger charge is 2.14. The van der Waals surface area contributed by atoms with Gasteiger partial charge in [-0.25, -0.2) is 5.43 Å². The number of furan rings is 1. The fraction of sp³-hybridized carbons (Fsp3) is 0.0833. The fourth-order valence-corrected chi connectivity index (χ4v) is 3.86. The molecule has 3 aromatic carbocycles. The van der Waals surface area contributed by atoms with E-state index in [2.05, 4.69) is 10.5 Å². The number of fused-ring (bicyclic) bond motifs is 1. The van der Waals surface area contributed by atoms with E-state index < -0.39 is 5.91 Å². The molecule has 0 radical (unpaired) electrons. The van der Waals surface area contributed by atoms with Gasteiger partial charge in [0.25, 0.3) is 0 Å². The minimum atomic E-state index is -0.511. The van der Waals surface area contributed by atoms with Crippen LogP contribution in [0.4, 0.5) is 0 Å². The maximum absolute atomic E-state index is 12.4. The maximum Gasteiger partial charge on any atom is 0.307 e. The topological polar surface area (TPSA) is 73.1 Å². The van der Waals surface area contributed by atoms with E-state index in [9.17, 15) is 4.79 Å². The summed E-state index contributed by atoms with van der Waals surface area (Å²) in [6.07, 6.45) is 1.43. The summed E-state index contributed by atoms with van der Waals surface area (Å²) in [7, 11) is 1.49. The van der Waals surface area contributed by atoms with E-state index in [0.29, 0.717) is 42.7 Å². The number of carbonyl (C=O) groups excluding carboxylic acids is 1. The van der Waals surface area contributed by atoms with Crippen molar-refractivity contribution in [3.63, 3.8) is 0 Å². The zero-order valence-electron chi connectivity index (χ0n) is 17.6. The van der Waals surface area contributed by atoms with Crippen molar-refractivity contribution in [3.05, 3.63) is 91.6 Å². The molecule has 34 heavy (non-hydrogen) atoms. The van der Waals surface area contributed by atoms with Gasteiger partial charge >= 0.3 is 5.91 Å². The van der Waals surface area contributed by atoms with Gasteiger partial charge in [-0.2, -0.15) is 5.10 Å². The summed E-state index contributed by atoms with van der Waals surface area (Å²) < 4.78 is 16.8. The summed E-state index contributed by atoms with van der Waals surface area (Å²) in [6, 6.07) is 15.2. The molecule has 174 valence electrons. The number of hydrogen-bond acceptors (Lipinski definition) is 5. The third-order valence-electron chi connectivity index (χ3n) is 4.70. The van der Waals surface area contributed by atoms with E-state index in [1.54, 1.807) is 54.6 Å². The Morgan fingerprint density at radius 1 is 1.00 bits per heavy atom. The number of halogens is 4. The molecule has 0 unspecified atom stereocenters. The van der Waals surface area contributed by atoms with Gasteiger partial charge in [0, 0.05) is 10.4 Å². The van der Waals surface area contributed by atoms with Crippen molar-refractivity contribution in [2.24, 2.45) is 5.10 Å². The Labute approximate surface area is 214 Å². The number of nitrogens with zero attached hydrogens (tertiary/aromatic N) is 1. The highest BCUT2D eigenvalue weighted by molar-refractivity contribution is 6.42. The lowest BCUT2D eigenvalue weighted by atomic mass is 10.2. The molecule has 0 aliphatic carbocycles. The van der Waals surface area contributed by atoms with E-state index in [-0.39, 0.29) is 12.4 Å². The van der Waals surface area contributed by atoms with Crippen LogP contribution in [0.2, 0.25) is 20.1 Å². The molecule has 0 aliphatic heterocycles. The highest BCUT2D eigenvalue weighted by Crippen LogP contribution is 2.37. The van der Waals surface area contributed by atoms with Gasteiger partial charge < -0.3 is 13.9 Å². The normalized spacial score (nSPS) is 11.2. The molecule has 4 aromatic rings. The lowest BCUT2D eigenvalue weighted by molar-refractivity contribution is 0.0929. The Balaban J connectivity index is 1.44. The van der Waals surface area contributed by atoms with Crippen molar-refractivity contribution < 1.29 is 18.7 Å². The molecule has 4 rings (SSSR count). The number of nitrogens with one attached hydrogen (secondary N) is 1. The van der Waals surface area contributed by atoms with E-state index >= 15 is 0 Å². The number of amides is 1. The van der Waals surface area contributed by atoms with Crippen LogP contribution in [-0.4, -0.2) is 19.2 Å². The first-order valence-electron chi connectivity index (χ1n) is 9.81. The SMILES string of the molecule is COc1cc(/C=N/NC(=O)c2cc3cc(Cl)ccc3o2)cc(Cl)c1OCc1ccc(Cl)c(Cl)c1. The Hall–Kier alpha value is -2.90. The van der Waals surface area contributed by atoms with Crippen LogP contribution >= 0.6 is 46.4 Å². The molecule has 6 nitrogen and oxygen atoms in total. The zero-order chi connectivity index (χ0) is 24.2. The first-order chi connectivity index (χ1) is 16.3. The Bertz CT molecular complexity index is 1400. The Morgan fingerprint density at radius 3 is 2.59 bits per heavy atom. The lowest BCUT2D eigenvalue weighted by Gasteiger charge is -2.13. The maximum atomic E-state index is 12.4. The van der Waals surface area contributed by atoms with Crippen LogP contribution in [0.3, 0.4) is 0 Å². The number of benzene rings is 3. The van der Waals surface area contributed by atoms with Crippen molar-refractivity contribution in [1.82, 2.24) is 5.43 Å².